The van der Waals surface area contributed by atoms with Crippen molar-refractivity contribution in [1.82, 2.24) is 0 Å². The van der Waals surface area contributed by atoms with Gasteiger partial charge in [0.15, 0.2) is 0 Å². The van der Waals surface area contributed by atoms with Crippen LogP contribution < -0.4 is 4.90 Å². The minimum Gasteiger partial charge on any atom is -0.455 e. The van der Waals surface area contributed by atoms with Gasteiger partial charge in [0.1, 0.15) is 11.2 Å². The lowest BCUT2D eigenvalue weighted by Crippen LogP contribution is -2.16. The summed E-state index contributed by atoms with van der Waals surface area (Å²) >= 11 is 0. The van der Waals surface area contributed by atoms with E-state index in [2.05, 4.69) is 207 Å². The zero-order valence-electron chi connectivity index (χ0n) is 30.8. The fourth-order valence-electron chi connectivity index (χ4n) is 9.01. The molecule has 0 saturated carbocycles. The van der Waals surface area contributed by atoms with Gasteiger partial charge in [0.2, 0.25) is 0 Å². The first kappa shape index (κ1) is 31.6. The Morgan fingerprint density at radius 3 is 1.62 bits per heavy atom. The van der Waals surface area contributed by atoms with Gasteiger partial charge in [-0.05, 0) is 109 Å². The third kappa shape index (κ3) is 4.95. The molecule has 0 saturated heterocycles. The first-order valence-corrected chi connectivity index (χ1v) is 19.1. The summed E-state index contributed by atoms with van der Waals surface area (Å²) < 4.78 is 6.50. The molecule has 11 rings (SSSR count). The summed E-state index contributed by atoms with van der Waals surface area (Å²) in [4.78, 5) is 2.39. The molecule has 1 heterocycles. The van der Waals surface area contributed by atoms with Gasteiger partial charge >= 0.3 is 0 Å². The van der Waals surface area contributed by atoms with Gasteiger partial charge in [0.05, 0.1) is 0 Å². The molecule has 2 heteroatoms. The van der Waals surface area contributed by atoms with Gasteiger partial charge in [-0.25, -0.2) is 0 Å². The summed E-state index contributed by atoms with van der Waals surface area (Å²) in [5.41, 5.74) is 17.6. The largest absolute Gasteiger partial charge is 0.455 e. The van der Waals surface area contributed by atoms with Crippen LogP contribution in [-0.2, 0) is 5.41 Å². The van der Waals surface area contributed by atoms with Gasteiger partial charge in [0.25, 0.3) is 0 Å². The molecule has 0 amide bonds. The topological polar surface area (TPSA) is 16.4 Å². The second-order valence-corrected chi connectivity index (χ2v) is 15.3. The van der Waals surface area contributed by atoms with Gasteiger partial charge in [0, 0.05) is 38.8 Å². The van der Waals surface area contributed by atoms with Crippen molar-refractivity contribution in [3.8, 4) is 44.5 Å². The average Bonchev–Trinajstić information content (AvgIpc) is 3.75. The maximum absolute atomic E-state index is 6.50. The highest BCUT2D eigenvalue weighted by Crippen LogP contribution is 2.51. The molecule has 1 aliphatic rings. The number of hydrogen-bond donors (Lipinski definition) is 0. The third-order valence-corrected chi connectivity index (χ3v) is 11.9. The molecule has 0 bridgehead atoms. The van der Waals surface area contributed by atoms with Crippen molar-refractivity contribution in [2.75, 3.05) is 4.90 Å². The van der Waals surface area contributed by atoms with E-state index in [4.69, 9.17) is 4.42 Å². The maximum atomic E-state index is 6.50. The Morgan fingerprint density at radius 2 is 0.909 bits per heavy atom. The Kier molecular flexibility index (Phi) is 6.93. The van der Waals surface area contributed by atoms with Crippen LogP contribution in [0, 0.1) is 0 Å². The second-order valence-electron chi connectivity index (χ2n) is 15.3. The van der Waals surface area contributed by atoms with Crippen LogP contribution in [0.4, 0.5) is 17.1 Å². The van der Waals surface area contributed by atoms with E-state index in [1.54, 1.807) is 0 Å². The number of rotatable bonds is 6. The van der Waals surface area contributed by atoms with E-state index in [0.29, 0.717) is 0 Å². The lowest BCUT2D eigenvalue weighted by atomic mass is 9.82. The van der Waals surface area contributed by atoms with E-state index in [-0.39, 0.29) is 5.41 Å². The molecule has 0 fully saturated rings. The summed E-state index contributed by atoms with van der Waals surface area (Å²) in [6, 6.07) is 68.4. The highest BCUT2D eigenvalue weighted by Gasteiger charge is 2.35. The van der Waals surface area contributed by atoms with E-state index in [9.17, 15) is 0 Å². The zero-order valence-corrected chi connectivity index (χ0v) is 30.8. The van der Waals surface area contributed by atoms with Gasteiger partial charge in [-0.3, -0.25) is 0 Å². The van der Waals surface area contributed by atoms with Crippen molar-refractivity contribution in [2.24, 2.45) is 0 Å². The number of nitrogens with zero attached hydrogens (tertiary/aromatic N) is 1. The van der Waals surface area contributed by atoms with Crippen molar-refractivity contribution in [1.29, 1.82) is 0 Å². The molecular formula is C53H37NO. The summed E-state index contributed by atoms with van der Waals surface area (Å²) in [7, 11) is 0. The lowest BCUT2D eigenvalue weighted by Gasteiger charge is -2.28. The molecule has 0 N–H and O–H groups in total. The van der Waals surface area contributed by atoms with Crippen LogP contribution in [0.1, 0.15) is 25.0 Å². The standard InChI is InChI=1S/C53H37NO/c1-53(2)47-13-7-6-12-45(47)46-32-30-43(33-48(46)53)54(41-26-21-36(22-27-41)34-9-4-3-5-10-34)42-28-23-37(24-29-42)35-15-17-38(18-16-35)44-31-25-40-20-19-39-11-8-14-49-50(39)51(40)52(44)55-49/h3-33H,1-2H3. The van der Waals surface area contributed by atoms with Crippen molar-refractivity contribution < 1.29 is 4.42 Å². The van der Waals surface area contributed by atoms with Crippen molar-refractivity contribution in [3.63, 3.8) is 0 Å². The summed E-state index contributed by atoms with van der Waals surface area (Å²) in [5.74, 6) is 0. The molecule has 0 aliphatic heterocycles. The minimum absolute atomic E-state index is 0.0888. The van der Waals surface area contributed by atoms with Crippen LogP contribution in [0.2, 0.25) is 0 Å². The molecule has 0 radical (unpaired) electrons. The molecule has 0 unspecified atom stereocenters. The highest BCUT2D eigenvalue weighted by molar-refractivity contribution is 6.24. The molecule has 1 aromatic heterocycles. The summed E-state index contributed by atoms with van der Waals surface area (Å²) in [6.45, 7) is 4.69. The van der Waals surface area contributed by atoms with E-state index in [1.165, 1.54) is 66.1 Å². The van der Waals surface area contributed by atoms with Crippen molar-refractivity contribution >= 4 is 49.8 Å². The molecule has 0 spiro atoms. The van der Waals surface area contributed by atoms with E-state index < -0.39 is 0 Å². The summed E-state index contributed by atoms with van der Waals surface area (Å²) in [6.07, 6.45) is 0. The van der Waals surface area contributed by atoms with Crippen LogP contribution in [0.5, 0.6) is 0 Å². The monoisotopic (exact) mass is 703 g/mol. The highest BCUT2D eigenvalue weighted by atomic mass is 16.3. The molecule has 10 aromatic rings. The van der Waals surface area contributed by atoms with Crippen LogP contribution in [0.3, 0.4) is 0 Å². The molecule has 55 heavy (non-hydrogen) atoms. The van der Waals surface area contributed by atoms with Crippen LogP contribution in [-0.4, -0.2) is 0 Å². The Hall–Kier alpha value is -6.90. The molecule has 2 nitrogen and oxygen atoms in total. The number of hydrogen-bond acceptors (Lipinski definition) is 2. The number of fused-ring (bicyclic) bond motifs is 3. The van der Waals surface area contributed by atoms with E-state index in [1.807, 2.05) is 0 Å². The Balaban J connectivity index is 0.958. The van der Waals surface area contributed by atoms with Crippen LogP contribution in [0.15, 0.2) is 192 Å². The minimum atomic E-state index is -0.0888. The Bertz CT molecular complexity index is 3020. The normalized spacial score (nSPS) is 13.1. The fraction of sp³-hybridized carbons (Fsp3) is 0.0566. The quantitative estimate of drug-likeness (QED) is 0.160. The Morgan fingerprint density at radius 1 is 0.382 bits per heavy atom. The predicted molar refractivity (Wildman–Crippen MR) is 231 cm³/mol. The first-order chi connectivity index (χ1) is 27.0. The van der Waals surface area contributed by atoms with Crippen LogP contribution >= 0.6 is 0 Å². The van der Waals surface area contributed by atoms with Crippen molar-refractivity contribution in [2.45, 2.75) is 19.3 Å². The summed E-state index contributed by atoms with van der Waals surface area (Å²) in [5, 5.41) is 4.85. The molecule has 9 aromatic carbocycles. The molecule has 1 aliphatic carbocycles. The van der Waals surface area contributed by atoms with Gasteiger partial charge in [-0.2, -0.15) is 0 Å². The van der Waals surface area contributed by atoms with E-state index >= 15 is 0 Å². The molecular weight excluding hydrogens is 667 g/mol. The third-order valence-electron chi connectivity index (χ3n) is 11.9. The fourth-order valence-corrected chi connectivity index (χ4v) is 9.01. The van der Waals surface area contributed by atoms with Gasteiger partial charge in [-0.1, -0.05) is 153 Å². The van der Waals surface area contributed by atoms with Gasteiger partial charge < -0.3 is 9.32 Å². The van der Waals surface area contributed by atoms with Gasteiger partial charge in [-0.15, -0.1) is 0 Å². The Labute approximate surface area is 320 Å². The number of anilines is 3. The average molecular weight is 704 g/mol. The second kappa shape index (κ2) is 12.1. The van der Waals surface area contributed by atoms with Crippen LogP contribution in [0.25, 0.3) is 77.2 Å². The smallest absolute Gasteiger partial charge is 0.143 e. The predicted octanol–water partition coefficient (Wildman–Crippen LogP) is 15.0. The maximum Gasteiger partial charge on any atom is 0.143 e. The van der Waals surface area contributed by atoms with E-state index in [0.717, 1.165) is 39.4 Å². The molecule has 260 valence electrons. The molecule has 0 atom stereocenters. The number of furan rings is 1. The zero-order chi connectivity index (χ0) is 36.7. The lowest BCUT2D eigenvalue weighted by molar-refractivity contribution is 0.660. The SMILES string of the molecule is CC1(C)c2ccccc2-c2ccc(N(c3ccc(-c4ccccc4)cc3)c3ccc(-c4ccc(-c5ccc6ccc7cccc8oc5c6c78)cc4)cc3)cc21. The first-order valence-electron chi connectivity index (χ1n) is 19.1. The number of benzene rings is 9. The van der Waals surface area contributed by atoms with Crippen molar-refractivity contribution in [3.05, 3.63) is 199 Å².